The number of aryl methyl sites for hydroxylation is 1. The molecule has 0 aliphatic carbocycles. The molecule has 0 fully saturated rings. The van der Waals surface area contributed by atoms with Crippen LogP contribution in [0.25, 0.3) is 0 Å². The molecule has 24 heavy (non-hydrogen) atoms. The molecule has 0 saturated heterocycles. The Morgan fingerprint density at radius 2 is 1.96 bits per heavy atom. The van der Waals surface area contributed by atoms with Gasteiger partial charge in [-0.2, -0.15) is 8.70 Å². The zero-order valence-corrected chi connectivity index (χ0v) is 14.0. The molecule has 0 bridgehead atoms. The van der Waals surface area contributed by atoms with Crippen LogP contribution in [0.1, 0.15) is 24.4 Å². The fourth-order valence-electron chi connectivity index (χ4n) is 3.06. The molecular formula is C15H16FN3O4S. The van der Waals surface area contributed by atoms with E-state index in [-0.39, 0.29) is 11.4 Å². The second-order valence-corrected chi connectivity index (χ2v) is 7.60. The Balaban J connectivity index is 2.03. The molecule has 0 spiro atoms. The monoisotopic (exact) mass is 353 g/mol. The maximum atomic E-state index is 13.5. The zero-order valence-electron chi connectivity index (χ0n) is 13.1. The van der Waals surface area contributed by atoms with E-state index >= 15 is 0 Å². The van der Waals surface area contributed by atoms with Crippen molar-refractivity contribution in [1.82, 2.24) is 8.87 Å². The molecule has 0 radical (unpaired) electrons. The normalized spacial score (nSPS) is 18.4. The highest BCUT2D eigenvalue weighted by molar-refractivity contribution is 7.89. The molecule has 2 aromatic rings. The minimum atomic E-state index is -3.97. The fraction of sp³-hybridized carbons (Fsp3) is 0.333. The Kier molecular flexibility index (Phi) is 3.92. The number of hydrogen-bond donors (Lipinski definition) is 0. The molecule has 9 heteroatoms. The third-order valence-electron chi connectivity index (χ3n) is 4.36. The molecule has 0 amide bonds. The molecule has 1 atom stereocenters. The van der Waals surface area contributed by atoms with Gasteiger partial charge in [0.05, 0.1) is 15.9 Å². The van der Waals surface area contributed by atoms with Crippen molar-refractivity contribution in [2.75, 3.05) is 6.54 Å². The van der Waals surface area contributed by atoms with Gasteiger partial charge in [0.15, 0.2) is 0 Å². The van der Waals surface area contributed by atoms with Gasteiger partial charge in [-0.3, -0.25) is 10.1 Å². The Bertz CT molecular complexity index is 923. The van der Waals surface area contributed by atoms with Crippen LogP contribution in [0.3, 0.4) is 0 Å². The summed E-state index contributed by atoms with van der Waals surface area (Å²) in [6, 6.07) is 6.02. The first-order chi connectivity index (χ1) is 11.2. The molecule has 1 aliphatic rings. The zero-order chi connectivity index (χ0) is 17.6. The van der Waals surface area contributed by atoms with E-state index in [1.54, 1.807) is 6.92 Å². The smallest absolute Gasteiger partial charge is 0.306 e. The molecule has 0 saturated carbocycles. The van der Waals surface area contributed by atoms with E-state index in [2.05, 4.69) is 0 Å². The van der Waals surface area contributed by atoms with Crippen LogP contribution in [-0.4, -0.2) is 28.8 Å². The number of fused-ring (bicyclic) bond motifs is 1. The predicted molar refractivity (Wildman–Crippen MR) is 84.5 cm³/mol. The van der Waals surface area contributed by atoms with E-state index in [0.717, 1.165) is 29.6 Å². The molecule has 0 N–H and O–H groups in total. The number of halogens is 1. The van der Waals surface area contributed by atoms with Gasteiger partial charge < -0.3 is 4.57 Å². The number of benzene rings is 1. The van der Waals surface area contributed by atoms with Crippen LogP contribution < -0.4 is 0 Å². The Hall–Kier alpha value is -2.26. The molecule has 128 valence electrons. The number of nitrogens with zero attached hydrogens (tertiary/aromatic N) is 3. The van der Waals surface area contributed by atoms with Gasteiger partial charge in [-0.1, -0.05) is 0 Å². The number of nitro benzene ring substituents is 1. The molecule has 3 rings (SSSR count). The van der Waals surface area contributed by atoms with Gasteiger partial charge in [-0.15, -0.1) is 0 Å². The summed E-state index contributed by atoms with van der Waals surface area (Å²) >= 11 is 0. The summed E-state index contributed by atoms with van der Waals surface area (Å²) in [6.45, 7) is 4.46. The summed E-state index contributed by atoms with van der Waals surface area (Å²) in [5.74, 6) is -1.06. The van der Waals surface area contributed by atoms with Crippen molar-refractivity contribution in [2.24, 2.45) is 0 Å². The van der Waals surface area contributed by atoms with Gasteiger partial charge in [0, 0.05) is 30.5 Å². The molecule has 1 aromatic carbocycles. The predicted octanol–water partition coefficient (Wildman–Crippen LogP) is 2.61. The highest BCUT2D eigenvalue weighted by Gasteiger charge is 2.35. The van der Waals surface area contributed by atoms with E-state index in [0.29, 0.717) is 6.54 Å². The second kappa shape index (κ2) is 5.67. The number of sulfonamides is 1. The molecule has 7 nitrogen and oxygen atoms in total. The first-order valence-electron chi connectivity index (χ1n) is 7.35. The third kappa shape index (κ3) is 2.49. The lowest BCUT2D eigenvalue weighted by atomic mass is 10.2. The Labute approximate surface area is 138 Å². The molecule has 0 unspecified atom stereocenters. The van der Waals surface area contributed by atoms with Crippen LogP contribution >= 0.6 is 0 Å². The summed E-state index contributed by atoms with van der Waals surface area (Å²) in [7, 11) is -3.97. The summed E-state index contributed by atoms with van der Waals surface area (Å²) in [5.41, 5.74) is 1.06. The van der Waals surface area contributed by atoms with Crippen LogP contribution in [0.5, 0.6) is 0 Å². The lowest BCUT2D eigenvalue weighted by Gasteiger charge is -2.34. The van der Waals surface area contributed by atoms with Gasteiger partial charge >= 0.3 is 5.69 Å². The SMILES string of the molecule is Cc1ccc2n1CCN(S(=O)(=O)c1ccc(F)c([N+](=O)[O-])c1)[C@@H]2C. The van der Waals surface area contributed by atoms with Crippen LogP contribution in [0.2, 0.25) is 0 Å². The number of hydrogen-bond acceptors (Lipinski definition) is 4. The molecule has 1 aliphatic heterocycles. The molecular weight excluding hydrogens is 337 g/mol. The fourth-order valence-corrected chi connectivity index (χ4v) is 4.67. The Morgan fingerprint density at radius 3 is 2.62 bits per heavy atom. The van der Waals surface area contributed by atoms with Crippen LogP contribution in [0.15, 0.2) is 35.2 Å². The van der Waals surface area contributed by atoms with Crippen LogP contribution in [0.4, 0.5) is 10.1 Å². The second-order valence-electron chi connectivity index (χ2n) is 5.71. The van der Waals surface area contributed by atoms with Crippen LogP contribution in [0, 0.1) is 22.9 Å². The van der Waals surface area contributed by atoms with Gasteiger partial charge in [0.1, 0.15) is 0 Å². The lowest BCUT2D eigenvalue weighted by Crippen LogP contribution is -2.41. The first-order valence-corrected chi connectivity index (χ1v) is 8.79. The average molecular weight is 353 g/mol. The van der Waals surface area contributed by atoms with Gasteiger partial charge in [0.25, 0.3) is 0 Å². The highest BCUT2D eigenvalue weighted by atomic mass is 32.2. The van der Waals surface area contributed by atoms with Gasteiger partial charge in [-0.25, -0.2) is 8.42 Å². The van der Waals surface area contributed by atoms with Crippen molar-refractivity contribution in [3.8, 4) is 0 Å². The molecule has 2 heterocycles. The standard InChI is InChI=1S/C15H16FN3O4S/c1-10-3-6-14-11(2)18(8-7-17(10)14)24(22,23)12-4-5-13(16)15(9-12)19(20)21/h3-6,9,11H,7-8H2,1-2H3/t11-/m1/s1. The number of rotatable bonds is 3. The van der Waals surface area contributed by atoms with Crippen molar-refractivity contribution < 1.29 is 17.7 Å². The van der Waals surface area contributed by atoms with E-state index in [1.165, 1.54) is 4.31 Å². The molecule has 1 aromatic heterocycles. The number of aromatic nitrogens is 1. The maximum Gasteiger partial charge on any atom is 0.306 e. The van der Waals surface area contributed by atoms with Crippen molar-refractivity contribution >= 4 is 15.7 Å². The first kappa shape index (κ1) is 16.6. The van der Waals surface area contributed by atoms with Gasteiger partial charge in [0.2, 0.25) is 15.8 Å². The largest absolute Gasteiger partial charge is 0.346 e. The van der Waals surface area contributed by atoms with Crippen molar-refractivity contribution in [2.45, 2.75) is 31.3 Å². The minimum Gasteiger partial charge on any atom is -0.346 e. The quantitative estimate of drug-likeness (QED) is 0.627. The average Bonchev–Trinajstić information content (AvgIpc) is 2.89. The van der Waals surface area contributed by atoms with Crippen molar-refractivity contribution in [1.29, 1.82) is 0 Å². The highest BCUT2D eigenvalue weighted by Crippen LogP contribution is 2.33. The summed E-state index contributed by atoms with van der Waals surface area (Å²) in [4.78, 5) is 9.66. The van der Waals surface area contributed by atoms with E-state index in [1.807, 2.05) is 23.6 Å². The van der Waals surface area contributed by atoms with Gasteiger partial charge in [-0.05, 0) is 38.1 Å². The number of nitro groups is 1. The van der Waals surface area contributed by atoms with Crippen molar-refractivity contribution in [3.05, 3.63) is 57.7 Å². The maximum absolute atomic E-state index is 13.5. The minimum absolute atomic E-state index is 0.247. The summed E-state index contributed by atoms with van der Waals surface area (Å²) < 4.78 is 42.6. The topological polar surface area (TPSA) is 85.5 Å². The summed E-state index contributed by atoms with van der Waals surface area (Å²) in [6.07, 6.45) is 0. The Morgan fingerprint density at radius 1 is 1.25 bits per heavy atom. The van der Waals surface area contributed by atoms with E-state index in [9.17, 15) is 22.9 Å². The van der Waals surface area contributed by atoms with E-state index in [4.69, 9.17) is 0 Å². The van der Waals surface area contributed by atoms with E-state index < -0.39 is 32.5 Å². The third-order valence-corrected chi connectivity index (χ3v) is 6.32. The van der Waals surface area contributed by atoms with Crippen LogP contribution in [-0.2, 0) is 16.6 Å². The summed E-state index contributed by atoms with van der Waals surface area (Å²) in [5, 5.41) is 10.9. The lowest BCUT2D eigenvalue weighted by molar-refractivity contribution is -0.387. The van der Waals surface area contributed by atoms with Crippen molar-refractivity contribution in [3.63, 3.8) is 0 Å².